The maximum absolute atomic E-state index is 11.6. The molecule has 0 radical (unpaired) electrons. The van der Waals surface area contributed by atoms with Crippen molar-refractivity contribution >= 4 is 69.1 Å². The number of benzene rings is 2. The molecule has 8 nitrogen and oxygen atoms in total. The van der Waals surface area contributed by atoms with Crippen LogP contribution < -0.4 is 9.47 Å². The first-order valence-electron chi connectivity index (χ1n) is 8.44. The lowest BCUT2D eigenvalue weighted by Crippen LogP contribution is -2.11. The number of halogens is 2. The van der Waals surface area contributed by atoms with Crippen LogP contribution in [0.1, 0.15) is 25.0 Å². The van der Waals surface area contributed by atoms with Gasteiger partial charge in [-0.15, -0.1) is 0 Å². The molecule has 2 aromatic carbocycles. The summed E-state index contributed by atoms with van der Waals surface area (Å²) in [5.74, 6) is -3.19. The summed E-state index contributed by atoms with van der Waals surface area (Å²) in [6, 6.07) is 6.40. The molecule has 158 valence electrons. The zero-order valence-corrected chi connectivity index (χ0v) is 20.1. The van der Waals surface area contributed by atoms with Crippen molar-refractivity contribution in [3.8, 4) is 22.6 Å². The third-order valence-electron chi connectivity index (χ3n) is 3.86. The summed E-state index contributed by atoms with van der Waals surface area (Å²) in [5, 5.41) is 18.4. The summed E-state index contributed by atoms with van der Waals surface area (Å²) in [6.45, 7) is 2.44. The molecule has 0 saturated carbocycles. The Bertz CT molecular complexity index is 962. The number of carboxylic acid groups (broad SMARTS) is 2. The first-order valence-corrected chi connectivity index (χ1v) is 10.6. The summed E-state index contributed by atoms with van der Waals surface area (Å²) in [4.78, 5) is 45.4. The Morgan fingerprint density at radius 1 is 0.800 bits per heavy atom. The Kier molecular flexibility index (Phi) is 8.18. The Labute approximate surface area is 198 Å². The average Bonchev–Trinajstić information content (AvgIpc) is 2.61. The molecule has 0 saturated heterocycles. The fourth-order valence-electron chi connectivity index (χ4n) is 2.76. The van der Waals surface area contributed by atoms with Gasteiger partial charge in [0.05, 0.1) is 16.4 Å². The van der Waals surface area contributed by atoms with E-state index < -0.39 is 23.9 Å². The smallest absolute Gasteiger partial charge is 0.308 e. The first-order chi connectivity index (χ1) is 14.0. The third-order valence-corrected chi connectivity index (χ3v) is 6.16. The minimum atomic E-state index is -1.09. The van der Waals surface area contributed by atoms with Gasteiger partial charge in [-0.2, -0.15) is 0 Å². The highest BCUT2D eigenvalue weighted by Crippen LogP contribution is 2.41. The van der Waals surface area contributed by atoms with E-state index in [0.29, 0.717) is 29.4 Å². The molecule has 0 aromatic heterocycles. The zero-order chi connectivity index (χ0) is 22.6. The molecule has 0 amide bonds. The van der Waals surface area contributed by atoms with Crippen LogP contribution in [0.4, 0.5) is 0 Å². The molecule has 0 atom stereocenters. The van der Waals surface area contributed by atoms with Crippen LogP contribution in [0.5, 0.6) is 11.5 Å². The van der Waals surface area contributed by atoms with Crippen LogP contribution in [0, 0.1) is 7.14 Å². The van der Waals surface area contributed by atoms with Crippen molar-refractivity contribution in [2.45, 2.75) is 26.7 Å². The van der Waals surface area contributed by atoms with Gasteiger partial charge >= 0.3 is 23.9 Å². The van der Waals surface area contributed by atoms with Crippen LogP contribution in [0.2, 0.25) is 0 Å². The van der Waals surface area contributed by atoms with Crippen molar-refractivity contribution in [2.24, 2.45) is 0 Å². The van der Waals surface area contributed by atoms with Gasteiger partial charge in [-0.1, -0.05) is 12.1 Å². The summed E-state index contributed by atoms with van der Waals surface area (Å²) in [6.07, 6.45) is -0.645. The maximum Gasteiger partial charge on any atom is 0.308 e. The predicted molar refractivity (Wildman–Crippen MR) is 123 cm³/mol. The quantitative estimate of drug-likeness (QED) is 0.268. The Balaban J connectivity index is 2.70. The second-order valence-electron chi connectivity index (χ2n) is 6.15. The molecule has 30 heavy (non-hydrogen) atoms. The number of hydrogen-bond acceptors (Lipinski definition) is 6. The molecule has 0 bridgehead atoms. The second kappa shape index (κ2) is 10.2. The van der Waals surface area contributed by atoms with E-state index in [1.807, 2.05) is 45.2 Å². The van der Waals surface area contributed by atoms with E-state index in [4.69, 9.17) is 14.6 Å². The zero-order valence-electron chi connectivity index (χ0n) is 15.8. The van der Waals surface area contributed by atoms with E-state index in [-0.39, 0.29) is 24.3 Å². The van der Waals surface area contributed by atoms with Gasteiger partial charge in [0.25, 0.3) is 0 Å². The Hall–Kier alpha value is -2.22. The minimum absolute atomic E-state index is 0.0704. The molecule has 0 aliphatic rings. The van der Waals surface area contributed by atoms with Crippen LogP contribution in [-0.2, 0) is 32.0 Å². The highest BCUT2D eigenvalue weighted by atomic mass is 127. The van der Waals surface area contributed by atoms with Gasteiger partial charge < -0.3 is 19.7 Å². The number of rotatable bonds is 7. The number of carbonyl (C=O) groups excluding carboxylic acids is 2. The highest BCUT2D eigenvalue weighted by molar-refractivity contribution is 14.1. The van der Waals surface area contributed by atoms with Crippen LogP contribution in [0.3, 0.4) is 0 Å². The van der Waals surface area contributed by atoms with Crippen LogP contribution in [0.15, 0.2) is 24.3 Å². The van der Waals surface area contributed by atoms with Crippen molar-refractivity contribution in [1.82, 2.24) is 0 Å². The fourth-order valence-corrected chi connectivity index (χ4v) is 4.61. The number of hydrogen-bond donors (Lipinski definition) is 2. The fraction of sp³-hybridized carbons (Fsp3) is 0.200. The van der Waals surface area contributed by atoms with Crippen molar-refractivity contribution < 1.29 is 38.9 Å². The molecule has 0 spiro atoms. The third kappa shape index (κ3) is 5.90. The van der Waals surface area contributed by atoms with E-state index in [9.17, 15) is 24.3 Å². The second-order valence-corrected chi connectivity index (χ2v) is 8.30. The lowest BCUT2D eigenvalue weighted by Gasteiger charge is -2.17. The van der Waals surface area contributed by atoms with Gasteiger partial charge in [0.15, 0.2) is 11.5 Å². The van der Waals surface area contributed by atoms with Crippen molar-refractivity contribution in [2.75, 3.05) is 0 Å². The Morgan fingerprint density at radius 3 is 1.87 bits per heavy atom. The lowest BCUT2D eigenvalue weighted by atomic mass is 9.95. The van der Waals surface area contributed by atoms with Gasteiger partial charge in [-0.3, -0.25) is 19.2 Å². The largest absolute Gasteiger partial charge is 0.481 e. The van der Waals surface area contributed by atoms with Crippen LogP contribution in [0.25, 0.3) is 11.1 Å². The molecule has 10 heteroatoms. The average molecular weight is 638 g/mol. The predicted octanol–water partition coefficient (Wildman–Crippen LogP) is 3.67. The molecule has 0 heterocycles. The number of ether oxygens (including phenoxy) is 2. The van der Waals surface area contributed by atoms with E-state index in [2.05, 4.69) is 0 Å². The lowest BCUT2D eigenvalue weighted by molar-refractivity contribution is -0.137. The molecule has 2 rings (SSSR count). The monoisotopic (exact) mass is 638 g/mol. The summed E-state index contributed by atoms with van der Waals surface area (Å²) >= 11 is 3.93. The Morgan fingerprint density at radius 2 is 1.33 bits per heavy atom. The molecule has 0 fully saturated rings. The van der Waals surface area contributed by atoms with E-state index >= 15 is 0 Å². The number of carboxylic acids is 2. The minimum Gasteiger partial charge on any atom is -0.481 e. The number of esters is 2. The van der Waals surface area contributed by atoms with Gasteiger partial charge in [-0.05, 0) is 74.0 Å². The topological polar surface area (TPSA) is 127 Å². The van der Waals surface area contributed by atoms with Crippen molar-refractivity contribution in [3.05, 3.63) is 42.5 Å². The highest BCUT2D eigenvalue weighted by Gasteiger charge is 2.22. The summed E-state index contributed by atoms with van der Waals surface area (Å²) in [5.41, 5.74) is 2.05. The van der Waals surface area contributed by atoms with E-state index in [1.165, 1.54) is 19.9 Å². The molecule has 0 aliphatic carbocycles. The van der Waals surface area contributed by atoms with Gasteiger partial charge in [0, 0.05) is 23.0 Å². The maximum atomic E-state index is 11.6. The summed E-state index contributed by atoms with van der Waals surface area (Å²) < 4.78 is 11.4. The molecule has 0 aliphatic heterocycles. The standard InChI is InChI=1S/C20H16I2O8/c1-9(23)29-15-6-5-13(19(22)20(15)30-10(2)24)12-4-3-11(7-16(25)26)14(18(12)21)8-17(27)28/h3-6H,7-8H2,1-2H3,(H,25,26)(H,27,28). The number of carbonyl (C=O) groups is 4. The molecular weight excluding hydrogens is 622 g/mol. The van der Waals surface area contributed by atoms with E-state index in [1.54, 1.807) is 18.2 Å². The van der Waals surface area contributed by atoms with Gasteiger partial charge in [-0.25, -0.2) is 0 Å². The normalized spacial score (nSPS) is 10.4. The molecule has 2 aromatic rings. The van der Waals surface area contributed by atoms with Crippen molar-refractivity contribution in [3.63, 3.8) is 0 Å². The van der Waals surface area contributed by atoms with Crippen molar-refractivity contribution in [1.29, 1.82) is 0 Å². The van der Waals surface area contributed by atoms with Gasteiger partial charge in [0.2, 0.25) is 0 Å². The van der Waals surface area contributed by atoms with Crippen LogP contribution in [-0.4, -0.2) is 34.1 Å². The van der Waals surface area contributed by atoms with Crippen LogP contribution >= 0.6 is 45.2 Å². The summed E-state index contributed by atoms with van der Waals surface area (Å²) in [7, 11) is 0. The molecule has 0 unspecified atom stereocenters. The number of aliphatic carboxylic acids is 2. The van der Waals surface area contributed by atoms with E-state index in [0.717, 1.165) is 0 Å². The SMILES string of the molecule is CC(=O)Oc1ccc(-c2ccc(CC(=O)O)c(CC(=O)O)c2I)c(I)c1OC(C)=O. The molecule has 2 N–H and O–H groups in total. The first kappa shape index (κ1) is 24.1. The van der Waals surface area contributed by atoms with Gasteiger partial charge in [0.1, 0.15) is 0 Å². The molecular formula is C20H16I2O8.